The molecule has 0 spiro atoms. The number of nitrogens with two attached hydrogens (primary N) is 2. The summed E-state index contributed by atoms with van der Waals surface area (Å²) >= 11 is 0. The zero-order valence-electron chi connectivity index (χ0n) is 11.7. The lowest BCUT2D eigenvalue weighted by molar-refractivity contribution is 0.1000. The standard InChI is InChI=1S/C17H18N2O2/c18-15-10-21-16-7-6-12(17(19)20)9-14(16)13(15)8-11-4-2-1-3-5-11/h1-7,9,13,15H,8,10,18H2,(H2,19,20)/t13-,15-/m1/s1. The highest BCUT2D eigenvalue weighted by atomic mass is 16.5. The summed E-state index contributed by atoms with van der Waals surface area (Å²) in [5.74, 6) is 0.480. The van der Waals surface area contributed by atoms with E-state index in [2.05, 4.69) is 12.1 Å². The van der Waals surface area contributed by atoms with Crippen LogP contribution in [0.1, 0.15) is 27.4 Å². The summed E-state index contributed by atoms with van der Waals surface area (Å²) in [5, 5.41) is 0. The molecule has 21 heavy (non-hydrogen) atoms. The van der Waals surface area contributed by atoms with Crippen molar-refractivity contribution >= 4 is 5.91 Å². The van der Waals surface area contributed by atoms with Crippen LogP contribution in [-0.4, -0.2) is 18.6 Å². The minimum Gasteiger partial charge on any atom is -0.492 e. The number of carbonyl (C=O) groups excluding carboxylic acids is 1. The Labute approximate surface area is 123 Å². The lowest BCUT2D eigenvalue weighted by atomic mass is 9.83. The third kappa shape index (κ3) is 2.76. The summed E-state index contributed by atoms with van der Waals surface area (Å²) in [6.07, 6.45) is 0.820. The first-order valence-electron chi connectivity index (χ1n) is 7.01. The van der Waals surface area contributed by atoms with Gasteiger partial charge >= 0.3 is 0 Å². The maximum Gasteiger partial charge on any atom is 0.248 e. The van der Waals surface area contributed by atoms with Crippen LogP contribution in [0.15, 0.2) is 48.5 Å². The number of carbonyl (C=O) groups is 1. The summed E-state index contributed by atoms with van der Waals surface area (Å²) in [4.78, 5) is 11.4. The highest BCUT2D eigenvalue weighted by Gasteiger charge is 2.29. The monoisotopic (exact) mass is 282 g/mol. The summed E-state index contributed by atoms with van der Waals surface area (Å²) in [6, 6.07) is 15.4. The number of benzene rings is 2. The zero-order valence-corrected chi connectivity index (χ0v) is 11.7. The highest BCUT2D eigenvalue weighted by Crippen LogP contribution is 2.36. The SMILES string of the molecule is NC(=O)c1ccc2c(c1)[C@@H](Cc1ccccc1)[C@H](N)CO2. The zero-order chi connectivity index (χ0) is 14.8. The van der Waals surface area contributed by atoms with E-state index < -0.39 is 5.91 Å². The Hall–Kier alpha value is -2.33. The van der Waals surface area contributed by atoms with Crippen LogP contribution in [0.2, 0.25) is 0 Å². The fraction of sp³-hybridized carbons (Fsp3) is 0.235. The van der Waals surface area contributed by atoms with E-state index in [0.29, 0.717) is 12.2 Å². The van der Waals surface area contributed by atoms with Crippen LogP contribution < -0.4 is 16.2 Å². The molecule has 2 aromatic rings. The van der Waals surface area contributed by atoms with Crippen molar-refractivity contribution in [1.29, 1.82) is 0 Å². The van der Waals surface area contributed by atoms with Gasteiger partial charge in [0.15, 0.2) is 0 Å². The second-order valence-electron chi connectivity index (χ2n) is 5.39. The maximum absolute atomic E-state index is 11.4. The summed E-state index contributed by atoms with van der Waals surface area (Å²) in [5.41, 5.74) is 14.3. The van der Waals surface area contributed by atoms with Gasteiger partial charge in [-0.2, -0.15) is 0 Å². The number of amides is 1. The predicted octanol–water partition coefficient (Wildman–Crippen LogP) is 1.83. The van der Waals surface area contributed by atoms with Gasteiger partial charge < -0.3 is 16.2 Å². The second-order valence-corrected chi connectivity index (χ2v) is 5.39. The summed E-state index contributed by atoms with van der Waals surface area (Å²) < 4.78 is 5.66. The molecule has 108 valence electrons. The van der Waals surface area contributed by atoms with Crippen molar-refractivity contribution < 1.29 is 9.53 Å². The van der Waals surface area contributed by atoms with Gasteiger partial charge in [0.1, 0.15) is 12.4 Å². The fourth-order valence-corrected chi connectivity index (χ4v) is 2.79. The largest absolute Gasteiger partial charge is 0.492 e. The molecule has 0 saturated heterocycles. The van der Waals surface area contributed by atoms with Gasteiger partial charge in [0, 0.05) is 23.1 Å². The van der Waals surface area contributed by atoms with Crippen molar-refractivity contribution in [2.75, 3.05) is 6.61 Å². The molecular weight excluding hydrogens is 264 g/mol. The fourth-order valence-electron chi connectivity index (χ4n) is 2.79. The van der Waals surface area contributed by atoms with Crippen molar-refractivity contribution in [3.8, 4) is 5.75 Å². The quantitative estimate of drug-likeness (QED) is 0.901. The van der Waals surface area contributed by atoms with E-state index >= 15 is 0 Å². The van der Waals surface area contributed by atoms with Crippen LogP contribution in [0.4, 0.5) is 0 Å². The molecule has 0 radical (unpaired) electrons. The van der Waals surface area contributed by atoms with E-state index in [1.54, 1.807) is 12.1 Å². The Morgan fingerprint density at radius 1 is 1.19 bits per heavy atom. The van der Waals surface area contributed by atoms with Gasteiger partial charge in [0.25, 0.3) is 0 Å². The van der Waals surface area contributed by atoms with Gasteiger partial charge in [-0.1, -0.05) is 30.3 Å². The molecule has 3 rings (SSSR count). The third-order valence-electron chi connectivity index (χ3n) is 3.94. The number of ether oxygens (including phenoxy) is 1. The Balaban J connectivity index is 1.97. The van der Waals surface area contributed by atoms with E-state index in [0.717, 1.165) is 17.7 Å². The first-order chi connectivity index (χ1) is 10.1. The number of primary amides is 1. The van der Waals surface area contributed by atoms with Crippen molar-refractivity contribution in [2.24, 2.45) is 11.5 Å². The molecule has 4 nitrogen and oxygen atoms in total. The second kappa shape index (κ2) is 5.58. The average Bonchev–Trinajstić information content (AvgIpc) is 2.50. The molecule has 1 aliphatic heterocycles. The molecule has 4 N–H and O–H groups in total. The van der Waals surface area contributed by atoms with Crippen molar-refractivity contribution in [3.05, 3.63) is 65.2 Å². The van der Waals surface area contributed by atoms with Crippen LogP contribution in [0.5, 0.6) is 5.75 Å². The van der Waals surface area contributed by atoms with Gasteiger partial charge in [-0.15, -0.1) is 0 Å². The van der Waals surface area contributed by atoms with E-state index in [1.807, 2.05) is 24.3 Å². The minimum atomic E-state index is -0.435. The lowest BCUT2D eigenvalue weighted by Crippen LogP contribution is -2.39. The Morgan fingerprint density at radius 2 is 1.95 bits per heavy atom. The molecule has 4 heteroatoms. The normalized spacial score (nSPS) is 20.4. The van der Waals surface area contributed by atoms with Gasteiger partial charge in [-0.25, -0.2) is 0 Å². The molecule has 0 aliphatic carbocycles. The van der Waals surface area contributed by atoms with Gasteiger partial charge in [0.05, 0.1) is 0 Å². The Morgan fingerprint density at radius 3 is 2.67 bits per heavy atom. The van der Waals surface area contributed by atoms with Crippen molar-refractivity contribution in [1.82, 2.24) is 0 Å². The van der Waals surface area contributed by atoms with E-state index in [-0.39, 0.29) is 12.0 Å². The summed E-state index contributed by atoms with van der Waals surface area (Å²) in [7, 11) is 0. The van der Waals surface area contributed by atoms with Crippen molar-refractivity contribution in [2.45, 2.75) is 18.4 Å². The minimum absolute atomic E-state index is 0.0965. The number of hydrogen-bond acceptors (Lipinski definition) is 3. The first-order valence-corrected chi connectivity index (χ1v) is 7.01. The molecule has 1 heterocycles. The molecule has 1 amide bonds. The van der Waals surface area contributed by atoms with E-state index in [9.17, 15) is 4.79 Å². The molecule has 2 aromatic carbocycles. The molecular formula is C17H18N2O2. The molecule has 0 unspecified atom stereocenters. The van der Waals surface area contributed by atoms with E-state index in [1.165, 1.54) is 5.56 Å². The topological polar surface area (TPSA) is 78.3 Å². The maximum atomic E-state index is 11.4. The highest BCUT2D eigenvalue weighted by molar-refractivity contribution is 5.93. The van der Waals surface area contributed by atoms with Crippen LogP contribution in [0, 0.1) is 0 Å². The van der Waals surface area contributed by atoms with E-state index in [4.69, 9.17) is 16.2 Å². The molecule has 0 fully saturated rings. The van der Waals surface area contributed by atoms with Gasteiger partial charge in [0.2, 0.25) is 5.91 Å². The molecule has 2 atom stereocenters. The number of rotatable bonds is 3. The number of fused-ring (bicyclic) bond motifs is 1. The van der Waals surface area contributed by atoms with Gasteiger partial charge in [-0.05, 0) is 30.2 Å². The van der Waals surface area contributed by atoms with Crippen LogP contribution in [-0.2, 0) is 6.42 Å². The smallest absolute Gasteiger partial charge is 0.248 e. The van der Waals surface area contributed by atoms with Crippen LogP contribution >= 0.6 is 0 Å². The Bertz CT molecular complexity index is 655. The number of hydrogen-bond donors (Lipinski definition) is 2. The molecule has 0 saturated carbocycles. The summed E-state index contributed by atoms with van der Waals surface area (Å²) in [6.45, 7) is 0.487. The van der Waals surface area contributed by atoms with Crippen molar-refractivity contribution in [3.63, 3.8) is 0 Å². The van der Waals surface area contributed by atoms with Gasteiger partial charge in [-0.3, -0.25) is 4.79 Å². The third-order valence-corrected chi connectivity index (χ3v) is 3.94. The average molecular weight is 282 g/mol. The molecule has 1 aliphatic rings. The predicted molar refractivity (Wildman–Crippen MR) is 81.3 cm³/mol. The van der Waals surface area contributed by atoms with Crippen LogP contribution in [0.3, 0.4) is 0 Å². The lowest BCUT2D eigenvalue weighted by Gasteiger charge is -2.31. The van der Waals surface area contributed by atoms with Crippen LogP contribution in [0.25, 0.3) is 0 Å². The first kappa shape index (κ1) is 13.6. The molecule has 0 bridgehead atoms. The Kier molecular flexibility index (Phi) is 3.62. The molecule has 0 aromatic heterocycles.